The Hall–Kier alpha value is -2.94. The number of hydrogen-bond acceptors (Lipinski definition) is 6. The summed E-state index contributed by atoms with van der Waals surface area (Å²) in [4.78, 5) is 25.4. The van der Waals surface area contributed by atoms with Gasteiger partial charge >= 0.3 is 10.1 Å². The zero-order valence-electron chi connectivity index (χ0n) is 17.5. The Kier molecular flexibility index (Phi) is 7.55. The predicted octanol–water partition coefficient (Wildman–Crippen LogP) is 3.93. The Labute approximate surface area is 176 Å². The smallest absolute Gasteiger partial charge is 0.308 e. The van der Waals surface area contributed by atoms with Crippen LogP contribution in [0, 0.1) is 23.0 Å². The average molecular weight is 435 g/mol. The van der Waals surface area contributed by atoms with Gasteiger partial charge in [-0.05, 0) is 43.5 Å². The molecule has 0 saturated heterocycles. The first-order valence-corrected chi connectivity index (χ1v) is 11.2. The highest BCUT2D eigenvalue weighted by Crippen LogP contribution is 2.22. The summed E-state index contributed by atoms with van der Waals surface area (Å²) in [5, 5.41) is 11.2. The van der Waals surface area contributed by atoms with Crippen molar-refractivity contribution in [2.75, 3.05) is 12.3 Å². The molecule has 2 aromatic rings. The first-order chi connectivity index (χ1) is 14.0. The van der Waals surface area contributed by atoms with Crippen LogP contribution in [0.5, 0.6) is 5.75 Å². The summed E-state index contributed by atoms with van der Waals surface area (Å²) in [6.45, 7) is 7.68. The molecule has 0 unspecified atom stereocenters. The van der Waals surface area contributed by atoms with E-state index in [-0.39, 0.29) is 41.1 Å². The second-order valence-electron chi connectivity index (χ2n) is 7.41. The van der Waals surface area contributed by atoms with Gasteiger partial charge in [0.15, 0.2) is 0 Å². The van der Waals surface area contributed by atoms with Gasteiger partial charge in [-0.15, -0.1) is 0 Å². The van der Waals surface area contributed by atoms with Gasteiger partial charge < -0.3 is 9.08 Å². The lowest BCUT2D eigenvalue weighted by Crippen LogP contribution is -2.33. The predicted molar refractivity (Wildman–Crippen MR) is 114 cm³/mol. The Bertz CT molecular complexity index is 1030. The maximum Gasteiger partial charge on any atom is 0.308 e. The zero-order valence-corrected chi connectivity index (χ0v) is 18.3. The van der Waals surface area contributed by atoms with E-state index in [2.05, 4.69) is 0 Å². The molecule has 0 fully saturated rings. The molecule has 0 N–H and O–H groups in total. The third-order valence-electron chi connectivity index (χ3n) is 4.37. The molecule has 0 atom stereocenters. The van der Waals surface area contributed by atoms with E-state index in [9.17, 15) is 23.3 Å². The van der Waals surface area contributed by atoms with Crippen LogP contribution in [0.4, 0.5) is 5.69 Å². The molecule has 2 rings (SSSR count). The summed E-state index contributed by atoms with van der Waals surface area (Å²) in [5.41, 5.74) is 1.29. The van der Waals surface area contributed by atoms with Crippen LogP contribution >= 0.6 is 0 Å². The van der Waals surface area contributed by atoms with E-state index >= 15 is 0 Å². The second-order valence-corrected chi connectivity index (χ2v) is 9.27. The van der Waals surface area contributed by atoms with Crippen LogP contribution in [0.3, 0.4) is 0 Å². The molecule has 162 valence electrons. The summed E-state index contributed by atoms with van der Waals surface area (Å²) in [6, 6.07) is 11.0. The lowest BCUT2D eigenvalue weighted by molar-refractivity contribution is -0.385. The van der Waals surface area contributed by atoms with Crippen molar-refractivity contribution in [2.45, 2.75) is 34.2 Å². The number of aryl methyl sites for hydroxylation is 1. The lowest BCUT2D eigenvalue weighted by Gasteiger charge is -2.25. The van der Waals surface area contributed by atoms with Gasteiger partial charge in [0.1, 0.15) is 5.75 Å². The van der Waals surface area contributed by atoms with Gasteiger partial charge in [-0.1, -0.05) is 32.0 Å². The first-order valence-electron chi connectivity index (χ1n) is 9.57. The second kappa shape index (κ2) is 9.71. The largest absolute Gasteiger partial charge is 0.382 e. The molecule has 0 saturated carbocycles. The van der Waals surface area contributed by atoms with Crippen LogP contribution in [-0.2, 0) is 16.7 Å². The SMILES string of the molecule is CCS(=O)(=O)Oc1cccc(CN(CC(C)C)C(=O)c2ccc(C)c([N+](=O)[O-])c2)c1. The number of nitro groups is 1. The van der Waals surface area contributed by atoms with Crippen molar-refractivity contribution in [2.24, 2.45) is 5.92 Å². The molecule has 1 amide bonds. The van der Waals surface area contributed by atoms with Gasteiger partial charge in [-0.25, -0.2) is 0 Å². The Morgan fingerprint density at radius 2 is 1.90 bits per heavy atom. The van der Waals surface area contributed by atoms with Crippen molar-refractivity contribution < 1.29 is 22.3 Å². The van der Waals surface area contributed by atoms with Crippen molar-refractivity contribution in [3.05, 3.63) is 69.3 Å². The molecule has 30 heavy (non-hydrogen) atoms. The van der Waals surface area contributed by atoms with Crippen molar-refractivity contribution in [3.63, 3.8) is 0 Å². The highest BCUT2D eigenvalue weighted by Gasteiger charge is 2.21. The highest BCUT2D eigenvalue weighted by molar-refractivity contribution is 7.87. The van der Waals surface area contributed by atoms with Gasteiger partial charge in [0.05, 0.1) is 10.7 Å². The van der Waals surface area contributed by atoms with Crippen LogP contribution in [0.15, 0.2) is 42.5 Å². The molecule has 0 aliphatic rings. The van der Waals surface area contributed by atoms with E-state index in [4.69, 9.17) is 4.18 Å². The number of nitrogens with zero attached hydrogens (tertiary/aromatic N) is 2. The number of nitro benzene ring substituents is 1. The van der Waals surface area contributed by atoms with Gasteiger partial charge in [0.2, 0.25) is 0 Å². The maximum absolute atomic E-state index is 13.1. The standard InChI is InChI=1S/C21H26N2O6S/c1-5-30(27,28)29-19-8-6-7-17(11-19)14-22(13-15(2)3)21(24)18-10-9-16(4)20(12-18)23(25)26/h6-12,15H,5,13-14H2,1-4H3. The van der Waals surface area contributed by atoms with Crippen LogP contribution in [0.2, 0.25) is 0 Å². The van der Waals surface area contributed by atoms with E-state index in [1.807, 2.05) is 13.8 Å². The van der Waals surface area contributed by atoms with Crippen molar-refractivity contribution in [1.82, 2.24) is 4.90 Å². The quantitative estimate of drug-likeness (QED) is 0.336. The minimum absolute atomic E-state index is 0.106. The van der Waals surface area contributed by atoms with E-state index in [0.29, 0.717) is 17.7 Å². The molecule has 0 aliphatic carbocycles. The van der Waals surface area contributed by atoms with Crippen LogP contribution in [0.1, 0.15) is 42.3 Å². The van der Waals surface area contributed by atoms with Crippen LogP contribution < -0.4 is 4.18 Å². The van der Waals surface area contributed by atoms with Crippen molar-refractivity contribution >= 4 is 21.7 Å². The monoisotopic (exact) mass is 434 g/mol. The minimum Gasteiger partial charge on any atom is -0.382 e. The lowest BCUT2D eigenvalue weighted by atomic mass is 10.1. The van der Waals surface area contributed by atoms with Gasteiger partial charge in [-0.2, -0.15) is 8.42 Å². The average Bonchev–Trinajstić information content (AvgIpc) is 2.66. The molecule has 9 heteroatoms. The molecular weight excluding hydrogens is 408 g/mol. The molecule has 8 nitrogen and oxygen atoms in total. The number of amides is 1. The Morgan fingerprint density at radius 1 is 1.20 bits per heavy atom. The third-order valence-corrected chi connectivity index (χ3v) is 5.53. The van der Waals surface area contributed by atoms with Gasteiger partial charge in [-0.3, -0.25) is 14.9 Å². The number of carbonyl (C=O) groups is 1. The fraction of sp³-hybridized carbons (Fsp3) is 0.381. The van der Waals surface area contributed by atoms with E-state index in [1.165, 1.54) is 19.1 Å². The summed E-state index contributed by atoms with van der Waals surface area (Å²) < 4.78 is 28.5. The molecule has 0 heterocycles. The van der Waals surface area contributed by atoms with Crippen molar-refractivity contribution in [1.29, 1.82) is 0 Å². The minimum atomic E-state index is -3.66. The molecule has 0 aliphatic heterocycles. The van der Waals surface area contributed by atoms with Crippen molar-refractivity contribution in [3.8, 4) is 5.75 Å². The van der Waals surface area contributed by atoms with Crippen LogP contribution in [-0.4, -0.2) is 36.4 Å². The van der Waals surface area contributed by atoms with E-state index < -0.39 is 15.0 Å². The number of hydrogen-bond donors (Lipinski definition) is 0. The normalized spacial score (nSPS) is 11.4. The number of carbonyl (C=O) groups excluding carboxylic acids is 1. The molecule has 2 aromatic carbocycles. The highest BCUT2D eigenvalue weighted by atomic mass is 32.2. The summed E-state index contributed by atoms with van der Waals surface area (Å²) in [6.07, 6.45) is 0. The summed E-state index contributed by atoms with van der Waals surface area (Å²) in [7, 11) is -3.66. The van der Waals surface area contributed by atoms with Gasteiger partial charge in [0.25, 0.3) is 11.6 Å². The number of rotatable bonds is 9. The zero-order chi connectivity index (χ0) is 22.5. The topological polar surface area (TPSA) is 107 Å². The fourth-order valence-electron chi connectivity index (χ4n) is 2.90. The Balaban J connectivity index is 2.32. The molecule has 0 radical (unpaired) electrons. The first kappa shape index (κ1) is 23.3. The van der Waals surface area contributed by atoms with Gasteiger partial charge in [0, 0.05) is 30.3 Å². The summed E-state index contributed by atoms with van der Waals surface area (Å²) in [5.74, 6) is -0.146. The van der Waals surface area contributed by atoms with E-state index in [0.717, 1.165) is 0 Å². The maximum atomic E-state index is 13.1. The van der Waals surface area contributed by atoms with E-state index in [1.54, 1.807) is 42.2 Å². The Morgan fingerprint density at radius 3 is 2.50 bits per heavy atom. The molecular formula is C21H26N2O6S. The number of benzene rings is 2. The van der Waals surface area contributed by atoms with Crippen LogP contribution in [0.25, 0.3) is 0 Å². The summed E-state index contributed by atoms with van der Waals surface area (Å²) >= 11 is 0. The third kappa shape index (κ3) is 6.28. The fourth-order valence-corrected chi connectivity index (χ4v) is 3.42. The molecule has 0 bridgehead atoms. The molecule has 0 aromatic heterocycles. The molecule has 0 spiro atoms.